The van der Waals surface area contributed by atoms with Gasteiger partial charge in [-0.05, 0) is 77.1 Å². The van der Waals surface area contributed by atoms with Crippen molar-refractivity contribution in [3.63, 3.8) is 0 Å². The average molecular weight is 502 g/mol. The third kappa shape index (κ3) is 4.31. The highest BCUT2D eigenvalue weighted by Crippen LogP contribution is 2.58. The van der Waals surface area contributed by atoms with Gasteiger partial charge < -0.3 is 15.5 Å². The molecule has 2 fully saturated rings. The predicted octanol–water partition coefficient (Wildman–Crippen LogP) is 1.95. The first-order chi connectivity index (χ1) is 16.3. The molecule has 5 rings (SSSR count). The number of fused-ring (bicyclic) bond motifs is 2. The maximum atomic E-state index is 13.4. The van der Waals surface area contributed by atoms with Crippen LogP contribution in [0.1, 0.15) is 58.4 Å². The van der Waals surface area contributed by atoms with Gasteiger partial charge in [-0.25, -0.2) is 18.1 Å². The number of anilines is 3. The first-order valence-electron chi connectivity index (χ1n) is 11.9. The van der Waals surface area contributed by atoms with Crippen molar-refractivity contribution in [2.24, 2.45) is 0 Å². The van der Waals surface area contributed by atoms with E-state index in [1.807, 2.05) is 0 Å². The van der Waals surface area contributed by atoms with Crippen molar-refractivity contribution in [3.8, 4) is 0 Å². The number of carbonyl (C=O) groups excluding carboxylic acids is 1. The molecule has 2 atom stereocenters. The van der Waals surface area contributed by atoms with Crippen molar-refractivity contribution >= 4 is 33.4 Å². The molecule has 0 saturated heterocycles. The lowest BCUT2D eigenvalue weighted by Gasteiger charge is -2.33. The van der Waals surface area contributed by atoms with E-state index in [9.17, 15) is 23.4 Å². The molecule has 11 heteroatoms. The van der Waals surface area contributed by atoms with Crippen LogP contribution in [0.4, 0.5) is 17.5 Å². The average Bonchev–Trinajstić information content (AvgIpc) is 3.46. The van der Waals surface area contributed by atoms with Gasteiger partial charge in [0.2, 0.25) is 21.9 Å². The molecule has 35 heavy (non-hydrogen) atoms. The van der Waals surface area contributed by atoms with Crippen molar-refractivity contribution < 1.29 is 23.4 Å². The molecule has 1 spiro atoms. The summed E-state index contributed by atoms with van der Waals surface area (Å²) < 4.78 is 27.3. The van der Waals surface area contributed by atoms with E-state index in [-0.39, 0.29) is 29.3 Å². The normalized spacial score (nSPS) is 25.2. The smallest absolute Gasteiger partial charge is 0.240 e. The summed E-state index contributed by atoms with van der Waals surface area (Å²) in [5.74, 6) is 0.832. The van der Waals surface area contributed by atoms with Crippen LogP contribution in [0, 0.1) is 0 Å². The van der Waals surface area contributed by atoms with Crippen molar-refractivity contribution in [1.82, 2.24) is 14.7 Å². The Hall–Kier alpha value is -2.60. The summed E-state index contributed by atoms with van der Waals surface area (Å²) in [5, 5.41) is 23.8. The predicted molar refractivity (Wildman–Crippen MR) is 130 cm³/mol. The van der Waals surface area contributed by atoms with E-state index >= 15 is 0 Å². The summed E-state index contributed by atoms with van der Waals surface area (Å²) >= 11 is 0. The van der Waals surface area contributed by atoms with E-state index in [0.29, 0.717) is 17.9 Å². The van der Waals surface area contributed by atoms with Crippen LogP contribution in [0.2, 0.25) is 0 Å². The Labute approximate surface area is 204 Å². The highest BCUT2D eigenvalue weighted by Gasteiger charge is 2.63. The monoisotopic (exact) mass is 501 g/mol. The topological polar surface area (TPSA) is 145 Å². The summed E-state index contributed by atoms with van der Waals surface area (Å²) in [6.07, 6.45) is 5.42. The van der Waals surface area contributed by atoms with Crippen LogP contribution in [-0.4, -0.2) is 58.3 Å². The second-order valence-corrected chi connectivity index (χ2v) is 12.5. The fraction of sp³-hybridized carbons (Fsp3) is 0.542. The number of aromatic nitrogens is 2. The van der Waals surface area contributed by atoms with E-state index < -0.39 is 26.6 Å². The van der Waals surface area contributed by atoms with Crippen molar-refractivity contribution in [1.29, 1.82) is 0 Å². The molecule has 3 aliphatic rings. The highest BCUT2D eigenvalue weighted by atomic mass is 32.2. The Balaban J connectivity index is 1.38. The van der Waals surface area contributed by atoms with Crippen molar-refractivity contribution in [2.75, 3.05) is 16.8 Å². The summed E-state index contributed by atoms with van der Waals surface area (Å²) in [6, 6.07) is 5.78. The Morgan fingerprint density at radius 3 is 2.46 bits per heavy atom. The molecule has 1 aliphatic heterocycles. The van der Waals surface area contributed by atoms with Gasteiger partial charge in [0.05, 0.1) is 27.6 Å². The Morgan fingerprint density at radius 1 is 1.20 bits per heavy atom. The van der Waals surface area contributed by atoms with Gasteiger partial charge in [0.1, 0.15) is 5.82 Å². The van der Waals surface area contributed by atoms with Crippen LogP contribution in [0.3, 0.4) is 0 Å². The summed E-state index contributed by atoms with van der Waals surface area (Å²) in [6.45, 7) is 4.71. The minimum atomic E-state index is -3.77. The van der Waals surface area contributed by atoms with Gasteiger partial charge in [-0.2, -0.15) is 4.98 Å². The van der Waals surface area contributed by atoms with Crippen LogP contribution < -0.4 is 14.9 Å². The summed E-state index contributed by atoms with van der Waals surface area (Å²) in [5.41, 5.74) is -1.29. The fourth-order valence-corrected chi connectivity index (χ4v) is 6.24. The summed E-state index contributed by atoms with van der Waals surface area (Å²) in [4.78, 5) is 24.2. The molecule has 2 aromatic rings. The number of carbonyl (C=O) groups is 1. The summed E-state index contributed by atoms with van der Waals surface area (Å²) in [7, 11) is -3.77. The number of benzene rings is 1. The van der Waals surface area contributed by atoms with E-state index in [1.54, 1.807) is 30.2 Å². The molecule has 4 N–H and O–H groups in total. The maximum Gasteiger partial charge on any atom is 0.240 e. The number of hydrogen-bond donors (Lipinski definition) is 4. The molecule has 2 heterocycles. The molecule has 10 nitrogen and oxygen atoms in total. The van der Waals surface area contributed by atoms with Crippen LogP contribution in [0.15, 0.2) is 35.4 Å². The fourth-order valence-electron chi connectivity index (χ4n) is 5.03. The van der Waals surface area contributed by atoms with E-state index in [2.05, 4.69) is 20.0 Å². The van der Waals surface area contributed by atoms with Gasteiger partial charge in [0, 0.05) is 24.0 Å². The van der Waals surface area contributed by atoms with Crippen LogP contribution >= 0.6 is 0 Å². The Kier molecular flexibility index (Phi) is 5.48. The van der Waals surface area contributed by atoms with Gasteiger partial charge in [-0.3, -0.25) is 9.69 Å². The second-order valence-electron chi connectivity index (χ2n) is 10.7. The van der Waals surface area contributed by atoms with Gasteiger partial charge in [-0.1, -0.05) is 0 Å². The molecule has 0 radical (unpaired) electrons. The quantitative estimate of drug-likeness (QED) is 0.451. The van der Waals surface area contributed by atoms with Crippen LogP contribution in [0.5, 0.6) is 0 Å². The van der Waals surface area contributed by atoms with Crippen molar-refractivity contribution in [3.05, 3.63) is 36.0 Å². The molecule has 1 aromatic carbocycles. The van der Waals surface area contributed by atoms with E-state index in [0.717, 1.165) is 31.2 Å². The number of rotatable bonds is 7. The SMILES string of the molecule is CC(C)(O)CNS(=O)(=O)c1ccc(Nc2ncc3c(n2)N([C@@H]2CCC[C@@]2(C)O)C(=O)C32CC2)cc1. The molecule has 188 valence electrons. The second kappa shape index (κ2) is 7.95. The Bertz CT molecular complexity index is 1270. The van der Waals surface area contributed by atoms with Crippen molar-refractivity contribution in [2.45, 2.75) is 80.4 Å². The van der Waals surface area contributed by atoms with E-state index in [4.69, 9.17) is 0 Å². The molecular weight excluding hydrogens is 470 g/mol. The number of aliphatic hydroxyl groups is 2. The molecule has 0 unspecified atom stereocenters. The number of nitrogens with one attached hydrogen (secondary N) is 2. The molecule has 1 amide bonds. The lowest BCUT2D eigenvalue weighted by atomic mass is 9.98. The number of nitrogens with zero attached hydrogens (tertiary/aromatic N) is 3. The zero-order valence-corrected chi connectivity index (χ0v) is 20.9. The molecule has 0 bridgehead atoms. The first kappa shape index (κ1) is 24.1. The van der Waals surface area contributed by atoms with Gasteiger partial charge in [0.25, 0.3) is 0 Å². The molecule has 2 saturated carbocycles. The maximum absolute atomic E-state index is 13.4. The minimum absolute atomic E-state index is 0.000702. The molecule has 1 aromatic heterocycles. The zero-order valence-electron chi connectivity index (χ0n) is 20.1. The third-order valence-corrected chi connectivity index (χ3v) is 8.61. The molecule has 2 aliphatic carbocycles. The van der Waals surface area contributed by atoms with Gasteiger partial charge in [-0.15, -0.1) is 0 Å². The number of sulfonamides is 1. The zero-order chi connectivity index (χ0) is 25.2. The molecular formula is C24H31N5O5S. The van der Waals surface area contributed by atoms with Crippen LogP contribution in [-0.2, 0) is 20.2 Å². The van der Waals surface area contributed by atoms with Gasteiger partial charge >= 0.3 is 0 Å². The number of amides is 1. The minimum Gasteiger partial charge on any atom is -0.389 e. The van der Waals surface area contributed by atoms with E-state index in [1.165, 1.54) is 26.0 Å². The third-order valence-electron chi connectivity index (χ3n) is 7.20. The largest absolute Gasteiger partial charge is 0.389 e. The van der Waals surface area contributed by atoms with Crippen LogP contribution in [0.25, 0.3) is 0 Å². The first-order valence-corrected chi connectivity index (χ1v) is 13.3. The number of hydrogen-bond acceptors (Lipinski definition) is 8. The lowest BCUT2D eigenvalue weighted by molar-refractivity contribution is -0.121. The van der Waals surface area contributed by atoms with Gasteiger partial charge in [0.15, 0.2) is 0 Å². The standard InChI is InChI=1S/C24H31N5O5S/c1-22(2,31)14-26-35(33,34)16-8-6-15(7-9-16)27-21-25-13-17-19(28-21)29(20(30)24(17)11-12-24)18-5-4-10-23(18,3)32/h6-9,13,18,26,31-32H,4-5,10-12,14H2,1-3H3,(H,25,27,28)/t18-,23-/m1/s1. The lowest BCUT2D eigenvalue weighted by Crippen LogP contribution is -2.50. The highest BCUT2D eigenvalue weighted by molar-refractivity contribution is 7.89. The Morgan fingerprint density at radius 2 is 1.89 bits per heavy atom.